The summed E-state index contributed by atoms with van der Waals surface area (Å²) >= 11 is 0. The number of hydrogen-bond acceptors (Lipinski definition) is 4. The summed E-state index contributed by atoms with van der Waals surface area (Å²) in [7, 11) is 0. The molecule has 4 saturated carbocycles. The molecule has 6 aliphatic rings. The topological polar surface area (TPSA) is 47.7 Å². The third kappa shape index (κ3) is 13.8. The molecular formula is C61H110N2O2. The quantitative estimate of drug-likeness (QED) is 0.0527. The molecule has 65 heavy (non-hydrogen) atoms. The first-order valence-corrected chi connectivity index (χ1v) is 29.5. The van der Waals surface area contributed by atoms with Crippen LogP contribution in [-0.4, -0.2) is 55.5 Å². The van der Waals surface area contributed by atoms with E-state index in [0.717, 1.165) is 56.0 Å². The van der Waals surface area contributed by atoms with Gasteiger partial charge in [-0.05, 0) is 182 Å². The van der Waals surface area contributed by atoms with Crippen molar-refractivity contribution in [3.8, 4) is 0 Å². The van der Waals surface area contributed by atoms with Gasteiger partial charge in [-0.2, -0.15) is 0 Å². The van der Waals surface area contributed by atoms with E-state index in [9.17, 15) is 0 Å². The Bertz CT molecular complexity index is 1400. The zero-order chi connectivity index (χ0) is 46.2. The number of nitrogens with zero attached hydrogens (tertiary/aromatic N) is 1. The van der Waals surface area contributed by atoms with E-state index in [4.69, 9.17) is 15.2 Å². The van der Waals surface area contributed by atoms with Crippen LogP contribution in [0.1, 0.15) is 260 Å². The lowest BCUT2D eigenvalue weighted by molar-refractivity contribution is -0.147. The minimum atomic E-state index is -0.0345. The molecule has 0 bridgehead atoms. The number of allylic oxidation sites excluding steroid dienone is 3. The van der Waals surface area contributed by atoms with E-state index in [0.29, 0.717) is 22.8 Å². The first-order valence-electron chi connectivity index (χ1n) is 29.5. The van der Waals surface area contributed by atoms with E-state index in [1.807, 2.05) is 0 Å². The molecule has 0 radical (unpaired) electrons. The maximum atomic E-state index is 8.08. The number of hydrogen-bond donors (Lipinski definition) is 1. The van der Waals surface area contributed by atoms with Gasteiger partial charge in [-0.15, -0.1) is 0 Å². The standard InChI is InChI=1S/C61H110N2O2/c1-8-9-10-11-12-13-14-15-16-17-18-19-20-21-22-23-24-25-44-64-48-55(47-63-43-27-31-51(63)5)65-45-28-32-52-37-39-58(6)54(46-52)35-36-57-60(53-33-34-53)40-38-56(50(4)30-26-29-49(2)3)59(60,7)41-42-61(57,58)62/h12-13,35,49-53,55-57H,8-11,14-34,36-48,62H2,1-7H3. The van der Waals surface area contributed by atoms with Gasteiger partial charge in [0.2, 0.25) is 0 Å². The maximum absolute atomic E-state index is 8.08. The first-order chi connectivity index (χ1) is 31.5. The second-order valence-corrected chi connectivity index (χ2v) is 25.0. The first kappa shape index (κ1) is 53.7. The van der Waals surface area contributed by atoms with E-state index in [1.54, 1.807) is 5.57 Å². The molecule has 2 N–H and O–H groups in total. The molecule has 4 nitrogen and oxygen atoms in total. The number of rotatable bonds is 33. The van der Waals surface area contributed by atoms with E-state index in [2.05, 4.69) is 71.6 Å². The van der Waals surface area contributed by atoms with Crippen LogP contribution in [0.25, 0.3) is 0 Å². The zero-order valence-electron chi connectivity index (χ0n) is 44.6. The van der Waals surface area contributed by atoms with Crippen molar-refractivity contribution in [3.05, 3.63) is 23.8 Å². The lowest BCUT2D eigenvalue weighted by Gasteiger charge is -2.69. The summed E-state index contributed by atoms with van der Waals surface area (Å²) in [6.07, 6.45) is 52.7. The fraction of sp³-hybridized carbons (Fsp3) is 0.934. The van der Waals surface area contributed by atoms with Crippen LogP contribution in [0.5, 0.6) is 0 Å². The van der Waals surface area contributed by atoms with Crippen LogP contribution in [0.3, 0.4) is 0 Å². The molecule has 4 heteroatoms. The summed E-state index contributed by atoms with van der Waals surface area (Å²) in [5.41, 5.74) is 10.9. The minimum Gasteiger partial charge on any atom is -0.379 e. The predicted octanol–water partition coefficient (Wildman–Crippen LogP) is 17.0. The van der Waals surface area contributed by atoms with E-state index >= 15 is 0 Å². The van der Waals surface area contributed by atoms with Crippen LogP contribution < -0.4 is 5.73 Å². The van der Waals surface area contributed by atoms with Gasteiger partial charge in [0.25, 0.3) is 0 Å². The minimum absolute atomic E-state index is 0.0345. The molecule has 0 spiro atoms. The molecular weight excluding hydrogens is 793 g/mol. The van der Waals surface area contributed by atoms with Gasteiger partial charge in [-0.25, -0.2) is 0 Å². The summed E-state index contributed by atoms with van der Waals surface area (Å²) in [4.78, 5) is 2.66. The predicted molar refractivity (Wildman–Crippen MR) is 280 cm³/mol. The Kier molecular flexibility index (Phi) is 21.9. The highest BCUT2D eigenvalue weighted by molar-refractivity contribution is 5.35. The lowest BCUT2D eigenvalue weighted by atomic mass is 9.37. The van der Waals surface area contributed by atoms with Crippen LogP contribution in [0.2, 0.25) is 0 Å². The molecule has 1 heterocycles. The zero-order valence-corrected chi connectivity index (χ0v) is 44.6. The van der Waals surface area contributed by atoms with Crippen molar-refractivity contribution in [1.29, 1.82) is 0 Å². The van der Waals surface area contributed by atoms with Gasteiger partial charge in [0.05, 0.1) is 12.7 Å². The summed E-state index contributed by atoms with van der Waals surface area (Å²) in [6, 6.07) is 0.675. The molecule has 5 aliphatic carbocycles. The van der Waals surface area contributed by atoms with Crippen molar-refractivity contribution in [2.75, 3.05) is 32.9 Å². The Morgan fingerprint density at radius 1 is 0.754 bits per heavy atom. The number of nitrogens with two attached hydrogens (primary N) is 1. The molecule has 0 aromatic heterocycles. The second kappa shape index (κ2) is 26.5. The average Bonchev–Trinajstić information content (AvgIpc) is 3.99. The molecule has 1 saturated heterocycles. The fourth-order valence-corrected chi connectivity index (χ4v) is 16.0. The third-order valence-electron chi connectivity index (χ3n) is 20.2. The number of fused-ring (bicyclic) bond motifs is 5. The highest BCUT2D eigenvalue weighted by Gasteiger charge is 2.73. The van der Waals surface area contributed by atoms with Gasteiger partial charge in [0, 0.05) is 36.8 Å². The highest BCUT2D eigenvalue weighted by atomic mass is 16.5. The fourth-order valence-electron chi connectivity index (χ4n) is 16.0. The second-order valence-electron chi connectivity index (χ2n) is 25.0. The maximum Gasteiger partial charge on any atom is 0.0935 e. The largest absolute Gasteiger partial charge is 0.379 e. The Labute approximate surface area is 405 Å². The third-order valence-corrected chi connectivity index (χ3v) is 20.2. The van der Waals surface area contributed by atoms with Gasteiger partial charge in [-0.1, -0.05) is 155 Å². The molecule has 5 fully saturated rings. The Morgan fingerprint density at radius 3 is 2.11 bits per heavy atom. The molecule has 376 valence electrons. The smallest absolute Gasteiger partial charge is 0.0935 e. The molecule has 0 aromatic carbocycles. The highest BCUT2D eigenvalue weighted by Crippen LogP contribution is 2.78. The average molecular weight is 904 g/mol. The Balaban J connectivity index is 0.879. The number of ether oxygens (including phenoxy) is 2. The molecule has 10 unspecified atom stereocenters. The summed E-state index contributed by atoms with van der Waals surface area (Å²) in [5.74, 6) is 4.94. The molecule has 10 atom stereocenters. The van der Waals surface area contributed by atoms with Gasteiger partial charge in [0.15, 0.2) is 0 Å². The molecule has 6 rings (SSSR count). The van der Waals surface area contributed by atoms with Gasteiger partial charge < -0.3 is 15.2 Å². The number of unbranched alkanes of at least 4 members (excludes halogenated alkanes) is 14. The van der Waals surface area contributed by atoms with E-state index in [1.165, 1.54) is 218 Å². The van der Waals surface area contributed by atoms with Crippen molar-refractivity contribution in [3.63, 3.8) is 0 Å². The summed E-state index contributed by atoms with van der Waals surface area (Å²) in [6.45, 7) is 22.4. The normalized spacial score (nSPS) is 33.6. The summed E-state index contributed by atoms with van der Waals surface area (Å²) < 4.78 is 13.1. The van der Waals surface area contributed by atoms with E-state index in [-0.39, 0.29) is 17.1 Å². The monoisotopic (exact) mass is 903 g/mol. The molecule has 0 amide bonds. The van der Waals surface area contributed by atoms with Crippen LogP contribution in [0, 0.1) is 51.8 Å². The van der Waals surface area contributed by atoms with Crippen molar-refractivity contribution < 1.29 is 9.47 Å². The SMILES string of the molecule is CCCCCC=CCCCCCCCCCCCCCOCC(CN1CCCC1C)OCCCC1CCC2(C)C(=CCC3C2(N)CCC2(C)C(C(C)CCCC(C)C)CCC32C2CC2)C1. The van der Waals surface area contributed by atoms with Crippen LogP contribution >= 0.6 is 0 Å². The number of likely N-dealkylation sites (tertiary alicyclic amines) is 1. The van der Waals surface area contributed by atoms with Crippen molar-refractivity contribution in [2.24, 2.45) is 57.5 Å². The van der Waals surface area contributed by atoms with Crippen molar-refractivity contribution >= 4 is 0 Å². The van der Waals surface area contributed by atoms with Gasteiger partial charge in [0.1, 0.15) is 0 Å². The Hall–Kier alpha value is -0.680. The van der Waals surface area contributed by atoms with Crippen molar-refractivity contribution in [1.82, 2.24) is 4.90 Å². The van der Waals surface area contributed by atoms with Gasteiger partial charge >= 0.3 is 0 Å². The lowest BCUT2D eigenvalue weighted by Crippen LogP contribution is -2.71. The summed E-state index contributed by atoms with van der Waals surface area (Å²) in [5, 5.41) is 0. The van der Waals surface area contributed by atoms with E-state index < -0.39 is 0 Å². The van der Waals surface area contributed by atoms with Crippen molar-refractivity contribution in [2.45, 2.75) is 278 Å². The van der Waals surface area contributed by atoms with Crippen LogP contribution in [0.15, 0.2) is 23.8 Å². The molecule has 0 aromatic rings. The molecule has 1 aliphatic heterocycles. The van der Waals surface area contributed by atoms with Crippen LogP contribution in [-0.2, 0) is 9.47 Å². The Morgan fingerprint density at radius 2 is 1.45 bits per heavy atom. The van der Waals surface area contributed by atoms with Gasteiger partial charge in [-0.3, -0.25) is 4.90 Å². The van der Waals surface area contributed by atoms with Crippen LogP contribution in [0.4, 0.5) is 0 Å².